The summed E-state index contributed by atoms with van der Waals surface area (Å²) in [4.78, 5) is 26.1. The number of carbonyl (C=O) groups excluding carboxylic acids is 2. The molecule has 1 atom stereocenters. The zero-order chi connectivity index (χ0) is 18.8. The molecule has 26 heavy (non-hydrogen) atoms. The highest BCUT2D eigenvalue weighted by Gasteiger charge is 2.46. The smallest absolute Gasteiger partial charge is 0.295 e. The highest BCUT2D eigenvalue weighted by Crippen LogP contribution is 2.41. The second-order valence-electron chi connectivity index (χ2n) is 5.74. The molecule has 1 aliphatic rings. The number of amides is 1. The average molecular weight is 376 g/mol. The number of benzene rings is 2. The molecule has 0 spiro atoms. The van der Waals surface area contributed by atoms with Crippen LogP contribution in [0.3, 0.4) is 0 Å². The van der Waals surface area contributed by atoms with Crippen molar-refractivity contribution in [3.63, 3.8) is 0 Å². The number of carbonyl (C=O) groups is 2. The Morgan fingerprint density at radius 3 is 2.38 bits per heavy atom. The molecule has 2 aromatic carbocycles. The molecule has 7 heteroatoms. The van der Waals surface area contributed by atoms with E-state index < -0.39 is 29.3 Å². The summed E-state index contributed by atoms with van der Waals surface area (Å²) in [6, 6.07) is 10.6. The predicted octanol–water partition coefficient (Wildman–Crippen LogP) is 2.89. The van der Waals surface area contributed by atoms with Crippen LogP contribution in [-0.2, 0) is 9.59 Å². The average Bonchev–Trinajstić information content (AvgIpc) is 2.87. The minimum atomic E-state index is -0.944. The number of ketones is 1. The summed E-state index contributed by atoms with van der Waals surface area (Å²) in [6.07, 6.45) is 0. The highest BCUT2D eigenvalue weighted by molar-refractivity contribution is 6.47. The van der Waals surface area contributed by atoms with E-state index in [1.807, 2.05) is 0 Å². The molecule has 3 rings (SSSR count). The standard InChI is InChI=1S/C19H15ClFNO4/c20-14-4-2-1-3-13(14)16-15(18(25)19(26)22(16)9-10-23)17(24)11-5-7-12(21)8-6-11/h1-8,16,23-24H,9-10H2/b17-15-. The molecule has 2 aromatic rings. The Hall–Kier alpha value is -2.70. The molecule has 0 aliphatic carbocycles. The summed E-state index contributed by atoms with van der Waals surface area (Å²) < 4.78 is 13.2. The summed E-state index contributed by atoms with van der Waals surface area (Å²) in [7, 11) is 0. The molecule has 5 nitrogen and oxygen atoms in total. The Morgan fingerprint density at radius 2 is 1.77 bits per heavy atom. The lowest BCUT2D eigenvalue weighted by Gasteiger charge is -2.25. The lowest BCUT2D eigenvalue weighted by molar-refractivity contribution is -0.140. The molecule has 1 heterocycles. The predicted molar refractivity (Wildman–Crippen MR) is 93.9 cm³/mol. The second-order valence-corrected chi connectivity index (χ2v) is 6.15. The first-order chi connectivity index (χ1) is 12.5. The van der Waals surface area contributed by atoms with Gasteiger partial charge in [-0.15, -0.1) is 0 Å². The topological polar surface area (TPSA) is 77.8 Å². The molecule has 0 radical (unpaired) electrons. The van der Waals surface area contributed by atoms with E-state index in [4.69, 9.17) is 11.6 Å². The van der Waals surface area contributed by atoms with Crippen molar-refractivity contribution in [2.45, 2.75) is 6.04 Å². The molecule has 0 bridgehead atoms. The van der Waals surface area contributed by atoms with Crippen molar-refractivity contribution in [2.24, 2.45) is 0 Å². The zero-order valence-electron chi connectivity index (χ0n) is 13.5. The molecular weight excluding hydrogens is 361 g/mol. The minimum absolute atomic E-state index is 0.0966. The number of β-amino-alcohol motifs (C(OH)–C–C–N with tert-alkyl or cyclic N) is 1. The van der Waals surface area contributed by atoms with Crippen molar-refractivity contribution in [3.8, 4) is 0 Å². The van der Waals surface area contributed by atoms with E-state index in [1.165, 1.54) is 17.0 Å². The number of Topliss-reactive ketones (excluding diaryl/α,β-unsaturated/α-hetero) is 1. The summed E-state index contributed by atoms with van der Waals surface area (Å²) in [5.74, 6) is -2.64. The van der Waals surface area contributed by atoms with Gasteiger partial charge in [0, 0.05) is 17.1 Å². The summed E-state index contributed by atoms with van der Waals surface area (Å²) >= 11 is 6.24. The molecule has 134 valence electrons. The first-order valence-corrected chi connectivity index (χ1v) is 8.23. The van der Waals surface area contributed by atoms with Gasteiger partial charge in [-0.2, -0.15) is 0 Å². The SMILES string of the molecule is O=C1C(=O)N(CCO)C(c2ccccc2Cl)/C1=C(/O)c1ccc(F)cc1. The number of hydrogen-bond acceptors (Lipinski definition) is 4. The van der Waals surface area contributed by atoms with Crippen LogP contribution in [-0.4, -0.2) is 40.0 Å². The van der Waals surface area contributed by atoms with Crippen molar-refractivity contribution in [2.75, 3.05) is 13.2 Å². The fourth-order valence-corrected chi connectivity index (χ4v) is 3.24. The Bertz CT molecular complexity index is 895. The first kappa shape index (κ1) is 18.1. The van der Waals surface area contributed by atoms with Crippen molar-refractivity contribution >= 4 is 29.1 Å². The van der Waals surface area contributed by atoms with Crippen LogP contribution >= 0.6 is 11.6 Å². The van der Waals surface area contributed by atoms with E-state index in [9.17, 15) is 24.2 Å². The van der Waals surface area contributed by atoms with Crippen molar-refractivity contribution in [3.05, 3.63) is 76.1 Å². The van der Waals surface area contributed by atoms with Gasteiger partial charge in [0.25, 0.3) is 11.7 Å². The third kappa shape index (κ3) is 3.09. The van der Waals surface area contributed by atoms with Crippen LogP contribution in [0.15, 0.2) is 54.1 Å². The lowest BCUT2D eigenvalue weighted by Crippen LogP contribution is -2.32. The fraction of sp³-hybridized carbons (Fsp3) is 0.158. The number of nitrogens with zero attached hydrogens (tertiary/aromatic N) is 1. The van der Waals surface area contributed by atoms with Crippen LogP contribution in [0.4, 0.5) is 4.39 Å². The molecule has 0 aromatic heterocycles. The number of hydrogen-bond donors (Lipinski definition) is 2. The third-order valence-electron chi connectivity index (χ3n) is 4.20. The Kier molecular flexibility index (Phi) is 5.06. The van der Waals surface area contributed by atoms with E-state index in [0.29, 0.717) is 10.6 Å². The first-order valence-electron chi connectivity index (χ1n) is 7.85. The summed E-state index contributed by atoms with van der Waals surface area (Å²) in [5.41, 5.74) is 0.499. The van der Waals surface area contributed by atoms with E-state index in [2.05, 4.69) is 0 Å². The molecule has 1 unspecified atom stereocenters. The van der Waals surface area contributed by atoms with E-state index in [0.717, 1.165) is 12.1 Å². The van der Waals surface area contributed by atoms with Gasteiger partial charge in [-0.1, -0.05) is 29.8 Å². The molecule has 0 saturated carbocycles. The maximum atomic E-state index is 13.2. The molecule has 1 aliphatic heterocycles. The Labute approximate surface area is 153 Å². The number of likely N-dealkylation sites (tertiary alicyclic amines) is 1. The second kappa shape index (κ2) is 7.27. The number of halogens is 2. The molecule has 2 N–H and O–H groups in total. The lowest BCUT2D eigenvalue weighted by atomic mass is 9.95. The van der Waals surface area contributed by atoms with Crippen molar-refractivity contribution < 1.29 is 24.2 Å². The van der Waals surface area contributed by atoms with Crippen LogP contribution in [0.1, 0.15) is 17.2 Å². The van der Waals surface area contributed by atoms with Crippen molar-refractivity contribution in [1.29, 1.82) is 0 Å². The van der Waals surface area contributed by atoms with Crippen LogP contribution in [0.25, 0.3) is 5.76 Å². The van der Waals surface area contributed by atoms with E-state index in [-0.39, 0.29) is 24.3 Å². The van der Waals surface area contributed by atoms with E-state index >= 15 is 0 Å². The van der Waals surface area contributed by atoms with Crippen LogP contribution in [0.2, 0.25) is 5.02 Å². The number of rotatable bonds is 4. The van der Waals surface area contributed by atoms with Gasteiger partial charge in [-0.25, -0.2) is 4.39 Å². The fourth-order valence-electron chi connectivity index (χ4n) is 3.00. The highest BCUT2D eigenvalue weighted by atomic mass is 35.5. The Morgan fingerprint density at radius 1 is 1.12 bits per heavy atom. The maximum absolute atomic E-state index is 13.2. The van der Waals surface area contributed by atoms with Gasteiger partial charge >= 0.3 is 0 Å². The van der Waals surface area contributed by atoms with Gasteiger partial charge in [-0.05, 0) is 35.9 Å². The normalized spacial score (nSPS) is 19.2. The summed E-state index contributed by atoms with van der Waals surface area (Å²) in [5, 5.41) is 20.3. The minimum Gasteiger partial charge on any atom is -0.507 e. The number of aliphatic hydroxyl groups is 2. The van der Waals surface area contributed by atoms with Gasteiger partial charge in [0.2, 0.25) is 0 Å². The maximum Gasteiger partial charge on any atom is 0.295 e. The molecule has 1 amide bonds. The zero-order valence-corrected chi connectivity index (χ0v) is 14.3. The van der Waals surface area contributed by atoms with Gasteiger partial charge in [-0.3, -0.25) is 9.59 Å². The van der Waals surface area contributed by atoms with Gasteiger partial charge in [0.05, 0.1) is 18.2 Å². The van der Waals surface area contributed by atoms with Gasteiger partial charge in [0.15, 0.2) is 0 Å². The third-order valence-corrected chi connectivity index (χ3v) is 4.54. The van der Waals surface area contributed by atoms with Crippen LogP contribution < -0.4 is 0 Å². The number of aliphatic hydroxyl groups excluding tert-OH is 2. The molecular formula is C19H15ClFNO4. The monoisotopic (exact) mass is 375 g/mol. The Balaban J connectivity index is 2.21. The summed E-state index contributed by atoms with van der Waals surface area (Å²) in [6.45, 7) is -0.453. The van der Waals surface area contributed by atoms with E-state index in [1.54, 1.807) is 24.3 Å². The molecule has 1 fully saturated rings. The molecule has 1 saturated heterocycles. The quantitative estimate of drug-likeness (QED) is 0.489. The van der Waals surface area contributed by atoms with Gasteiger partial charge < -0.3 is 15.1 Å². The van der Waals surface area contributed by atoms with Gasteiger partial charge in [0.1, 0.15) is 11.6 Å². The van der Waals surface area contributed by atoms with Crippen LogP contribution in [0, 0.1) is 5.82 Å². The van der Waals surface area contributed by atoms with Crippen LogP contribution in [0.5, 0.6) is 0 Å². The van der Waals surface area contributed by atoms with Crippen molar-refractivity contribution in [1.82, 2.24) is 4.90 Å². The largest absolute Gasteiger partial charge is 0.507 e.